The van der Waals surface area contributed by atoms with Crippen molar-refractivity contribution in [3.8, 4) is 11.3 Å². The molecule has 3 aromatic heterocycles. The summed E-state index contributed by atoms with van der Waals surface area (Å²) in [6.07, 6.45) is 4.81. The van der Waals surface area contributed by atoms with E-state index in [-0.39, 0.29) is 30.6 Å². The molecular weight excluding hydrogens is 462 g/mol. The molecule has 9 heteroatoms. The lowest BCUT2D eigenvalue weighted by molar-refractivity contribution is 0.220. The fourth-order valence-corrected chi connectivity index (χ4v) is 4.57. The molecule has 0 saturated carbocycles. The molecule has 1 fully saturated rings. The van der Waals surface area contributed by atoms with E-state index in [9.17, 15) is 0 Å². The zero-order valence-corrected chi connectivity index (χ0v) is 20.7. The lowest BCUT2D eigenvalue weighted by atomic mass is 9.92. The van der Waals surface area contributed by atoms with Gasteiger partial charge < -0.3 is 4.90 Å². The molecule has 0 amide bonds. The molecule has 1 aromatic carbocycles. The van der Waals surface area contributed by atoms with Gasteiger partial charge in [0.25, 0.3) is 0 Å². The third-order valence-electron chi connectivity index (χ3n) is 6.42. The van der Waals surface area contributed by atoms with Crippen LogP contribution in [-0.4, -0.2) is 49.3 Å². The second-order valence-electron chi connectivity index (χ2n) is 8.43. The Balaban J connectivity index is 0.00000153. The topological polar surface area (TPSA) is 59.2 Å². The van der Waals surface area contributed by atoms with Gasteiger partial charge in [-0.3, -0.25) is 0 Å². The van der Waals surface area contributed by atoms with E-state index in [4.69, 9.17) is 0 Å². The summed E-state index contributed by atoms with van der Waals surface area (Å²) >= 11 is 0. The summed E-state index contributed by atoms with van der Waals surface area (Å²) in [5.41, 5.74) is 5.71. The lowest BCUT2D eigenvalue weighted by Gasteiger charge is -2.30. The summed E-state index contributed by atoms with van der Waals surface area (Å²) in [5, 5.41) is 14.1. The second-order valence-corrected chi connectivity index (χ2v) is 8.43. The van der Waals surface area contributed by atoms with E-state index in [1.54, 1.807) is 10.6 Å². The number of aromatic nitrogens is 5. The first-order valence-corrected chi connectivity index (χ1v) is 11.1. The highest BCUT2D eigenvalue weighted by Crippen LogP contribution is 2.31. The molecule has 0 unspecified atom stereocenters. The summed E-state index contributed by atoms with van der Waals surface area (Å²) in [6.45, 7) is 9.41. The second kappa shape index (κ2) is 10.3. The molecule has 0 bridgehead atoms. The summed E-state index contributed by atoms with van der Waals surface area (Å²) < 4.78 is 17.0. The van der Waals surface area contributed by atoms with Crippen LogP contribution in [-0.2, 0) is 6.42 Å². The van der Waals surface area contributed by atoms with Gasteiger partial charge in [-0.1, -0.05) is 13.8 Å². The van der Waals surface area contributed by atoms with Gasteiger partial charge in [0.05, 0.1) is 28.8 Å². The molecule has 0 spiro atoms. The Labute approximate surface area is 205 Å². The molecule has 33 heavy (non-hydrogen) atoms. The molecule has 0 N–H and O–H groups in total. The van der Waals surface area contributed by atoms with Crippen molar-refractivity contribution in [2.24, 2.45) is 0 Å². The largest absolute Gasteiger partial charge is 0.304 e. The summed E-state index contributed by atoms with van der Waals surface area (Å²) in [4.78, 5) is 6.99. The van der Waals surface area contributed by atoms with Crippen LogP contribution >= 0.6 is 24.8 Å². The number of benzene rings is 1. The van der Waals surface area contributed by atoms with Gasteiger partial charge in [0.1, 0.15) is 5.82 Å². The van der Waals surface area contributed by atoms with Crippen LogP contribution in [0.4, 0.5) is 4.39 Å². The van der Waals surface area contributed by atoms with Crippen LogP contribution in [0.15, 0.2) is 30.5 Å². The molecule has 1 aliphatic heterocycles. The van der Waals surface area contributed by atoms with Gasteiger partial charge in [-0.15, -0.1) is 24.8 Å². The van der Waals surface area contributed by atoms with Gasteiger partial charge in [-0.05, 0) is 75.6 Å². The monoisotopic (exact) mass is 490 g/mol. The smallest absolute Gasteiger partial charge is 0.156 e. The number of piperidine rings is 1. The fourth-order valence-electron chi connectivity index (χ4n) is 4.57. The Morgan fingerprint density at radius 2 is 1.79 bits per heavy atom. The van der Waals surface area contributed by atoms with Crippen LogP contribution in [0.2, 0.25) is 0 Å². The third-order valence-corrected chi connectivity index (χ3v) is 6.42. The Bertz CT molecular complexity index is 1270. The number of imidazole rings is 1. The van der Waals surface area contributed by atoms with Crippen molar-refractivity contribution in [3.05, 3.63) is 53.2 Å². The highest BCUT2D eigenvalue weighted by Gasteiger charge is 2.22. The number of likely N-dealkylation sites (tertiary alicyclic amines) is 1. The van der Waals surface area contributed by atoms with Gasteiger partial charge in [0.2, 0.25) is 0 Å². The van der Waals surface area contributed by atoms with E-state index in [0.29, 0.717) is 28.1 Å². The quantitative estimate of drug-likeness (QED) is 0.383. The van der Waals surface area contributed by atoms with Gasteiger partial charge in [-0.25, -0.2) is 13.9 Å². The SMILES string of the molecule is CCc1cc(-c2cc(F)c3cc(C4CCN(CC)CC4)nnc3c2)nn2cc(C)nc12.Cl.Cl. The molecule has 1 aliphatic rings. The zero-order chi connectivity index (χ0) is 21.5. The molecule has 0 atom stereocenters. The molecular formula is C24H29Cl2FN6. The van der Waals surface area contributed by atoms with Crippen LogP contribution in [0.3, 0.4) is 0 Å². The van der Waals surface area contributed by atoms with Gasteiger partial charge in [0.15, 0.2) is 5.65 Å². The number of hydrogen-bond donors (Lipinski definition) is 0. The maximum Gasteiger partial charge on any atom is 0.156 e. The minimum absolute atomic E-state index is 0. The summed E-state index contributed by atoms with van der Waals surface area (Å²) in [7, 11) is 0. The van der Waals surface area contributed by atoms with Crippen molar-refractivity contribution < 1.29 is 4.39 Å². The van der Waals surface area contributed by atoms with Crippen LogP contribution < -0.4 is 0 Å². The Kier molecular flexibility index (Phi) is 7.88. The van der Waals surface area contributed by atoms with E-state index < -0.39 is 0 Å². The molecule has 5 rings (SSSR count). The van der Waals surface area contributed by atoms with E-state index in [1.165, 1.54) is 0 Å². The first kappa shape index (κ1) is 25.3. The first-order valence-electron chi connectivity index (χ1n) is 11.1. The fraction of sp³-hybridized carbons (Fsp3) is 0.417. The normalized spacial score (nSPS) is 14.9. The van der Waals surface area contributed by atoms with E-state index >= 15 is 4.39 Å². The van der Waals surface area contributed by atoms with Gasteiger partial charge in [-0.2, -0.15) is 15.3 Å². The summed E-state index contributed by atoms with van der Waals surface area (Å²) in [6, 6.07) is 7.32. The minimum atomic E-state index is -0.281. The van der Waals surface area contributed by atoms with Gasteiger partial charge >= 0.3 is 0 Å². The highest BCUT2D eigenvalue weighted by atomic mass is 35.5. The van der Waals surface area contributed by atoms with Crippen molar-refractivity contribution in [1.82, 2.24) is 29.7 Å². The number of aryl methyl sites for hydroxylation is 2. The summed E-state index contributed by atoms with van der Waals surface area (Å²) in [5.74, 6) is 0.0656. The number of nitrogens with zero attached hydrogens (tertiary/aromatic N) is 6. The van der Waals surface area contributed by atoms with Crippen molar-refractivity contribution in [2.45, 2.75) is 46.0 Å². The third kappa shape index (κ3) is 4.81. The number of halogens is 3. The van der Waals surface area contributed by atoms with E-state index in [1.807, 2.05) is 31.3 Å². The van der Waals surface area contributed by atoms with Crippen LogP contribution in [0.1, 0.15) is 49.6 Å². The minimum Gasteiger partial charge on any atom is -0.304 e. The van der Waals surface area contributed by atoms with E-state index in [2.05, 4.69) is 39.0 Å². The highest BCUT2D eigenvalue weighted by molar-refractivity contribution is 5.86. The zero-order valence-electron chi connectivity index (χ0n) is 19.1. The first-order chi connectivity index (χ1) is 15.1. The van der Waals surface area contributed by atoms with Crippen molar-refractivity contribution in [1.29, 1.82) is 0 Å². The van der Waals surface area contributed by atoms with Crippen LogP contribution in [0, 0.1) is 12.7 Å². The number of rotatable bonds is 4. The van der Waals surface area contributed by atoms with Crippen molar-refractivity contribution >= 4 is 41.4 Å². The van der Waals surface area contributed by atoms with Crippen LogP contribution in [0.25, 0.3) is 27.8 Å². The van der Waals surface area contributed by atoms with E-state index in [0.717, 1.165) is 61.5 Å². The van der Waals surface area contributed by atoms with Gasteiger partial charge in [0, 0.05) is 16.9 Å². The maximum atomic E-state index is 15.2. The van der Waals surface area contributed by atoms with Crippen LogP contribution in [0.5, 0.6) is 0 Å². The van der Waals surface area contributed by atoms with Crippen molar-refractivity contribution in [3.63, 3.8) is 0 Å². The van der Waals surface area contributed by atoms with Crippen molar-refractivity contribution in [2.75, 3.05) is 19.6 Å². The average Bonchev–Trinajstić information content (AvgIpc) is 3.18. The molecule has 6 nitrogen and oxygen atoms in total. The molecule has 0 aliphatic carbocycles. The number of fused-ring (bicyclic) bond motifs is 2. The maximum absolute atomic E-state index is 15.2. The predicted octanol–water partition coefficient (Wildman–Crippen LogP) is 5.39. The Morgan fingerprint density at radius 3 is 2.48 bits per heavy atom. The standard InChI is InChI=1S/C24H27FN6.2ClH/c1-4-16-11-22(29-31-14-15(3)26-24(16)31)18-10-20(25)19-13-21(27-28-23(19)12-18)17-6-8-30(5-2)9-7-17;;/h10-14,17H,4-9H2,1-3H3;2*1H. The number of hydrogen-bond acceptors (Lipinski definition) is 5. The average molecular weight is 491 g/mol. The molecule has 176 valence electrons. The molecule has 4 aromatic rings. The lowest BCUT2D eigenvalue weighted by Crippen LogP contribution is -2.32. The Morgan fingerprint density at radius 1 is 1.03 bits per heavy atom. The molecule has 4 heterocycles. The molecule has 1 saturated heterocycles. The Hall–Kier alpha value is -2.35. The predicted molar refractivity (Wildman–Crippen MR) is 134 cm³/mol. The molecule has 0 radical (unpaired) electrons.